The second kappa shape index (κ2) is 7.31. The van der Waals surface area contributed by atoms with Crippen LogP contribution in [0.1, 0.15) is 12.6 Å². The van der Waals surface area contributed by atoms with Crippen LogP contribution < -0.4 is 0 Å². The fraction of sp³-hybridized carbons (Fsp3) is 0.167. The quantitative estimate of drug-likeness (QED) is 0.429. The second-order valence-electron chi connectivity index (χ2n) is 5.67. The van der Waals surface area contributed by atoms with Crippen LogP contribution in [0, 0.1) is 0 Å². The first-order valence-electron chi connectivity index (χ1n) is 8.09. The Kier molecular flexibility index (Phi) is 4.89. The lowest BCUT2D eigenvalue weighted by Crippen LogP contribution is -2.00. The number of thioether (sulfide) groups is 1. The molecule has 0 radical (unpaired) electrons. The first-order valence-corrected chi connectivity index (χ1v) is 9.84. The molecule has 8 heteroatoms. The van der Waals surface area contributed by atoms with Crippen molar-refractivity contribution in [2.45, 2.75) is 24.4 Å². The van der Waals surface area contributed by atoms with Crippen molar-refractivity contribution >= 4 is 40.6 Å². The van der Waals surface area contributed by atoms with Crippen molar-refractivity contribution in [2.75, 3.05) is 0 Å². The van der Waals surface area contributed by atoms with Crippen LogP contribution in [0.5, 0.6) is 0 Å². The SMILES string of the molecule is CCn1c(SCc2cn3ccccc3n2)nnc1-c1ccc(Cl)c(Cl)c1. The summed E-state index contributed by atoms with van der Waals surface area (Å²) in [5.74, 6) is 1.50. The number of fused-ring (bicyclic) bond motifs is 1. The molecule has 0 unspecified atom stereocenters. The minimum atomic E-state index is 0.508. The molecule has 0 aliphatic carbocycles. The highest BCUT2D eigenvalue weighted by Crippen LogP contribution is 2.30. The number of aromatic nitrogens is 5. The summed E-state index contributed by atoms with van der Waals surface area (Å²) in [6.07, 6.45) is 4.03. The van der Waals surface area contributed by atoms with Crippen LogP contribution in [0.2, 0.25) is 10.0 Å². The van der Waals surface area contributed by atoms with Gasteiger partial charge in [0.25, 0.3) is 0 Å². The zero-order chi connectivity index (χ0) is 18.1. The average Bonchev–Trinajstić information content (AvgIpc) is 3.25. The van der Waals surface area contributed by atoms with Gasteiger partial charge in [0.2, 0.25) is 0 Å². The van der Waals surface area contributed by atoms with Crippen LogP contribution in [0.3, 0.4) is 0 Å². The van der Waals surface area contributed by atoms with E-state index < -0.39 is 0 Å². The predicted molar refractivity (Wildman–Crippen MR) is 106 cm³/mol. The maximum atomic E-state index is 6.14. The van der Waals surface area contributed by atoms with Gasteiger partial charge in [-0.3, -0.25) is 0 Å². The normalized spacial score (nSPS) is 11.3. The third-order valence-corrected chi connectivity index (χ3v) is 5.71. The molecule has 4 rings (SSSR count). The molecule has 26 heavy (non-hydrogen) atoms. The molecule has 0 saturated heterocycles. The topological polar surface area (TPSA) is 48.0 Å². The van der Waals surface area contributed by atoms with Crippen LogP contribution in [-0.2, 0) is 12.3 Å². The van der Waals surface area contributed by atoms with E-state index in [-0.39, 0.29) is 0 Å². The Morgan fingerprint density at radius 2 is 1.96 bits per heavy atom. The van der Waals surface area contributed by atoms with E-state index in [9.17, 15) is 0 Å². The maximum absolute atomic E-state index is 6.14. The van der Waals surface area contributed by atoms with E-state index in [0.717, 1.165) is 40.2 Å². The Labute approximate surface area is 165 Å². The molecule has 1 aromatic carbocycles. The zero-order valence-electron chi connectivity index (χ0n) is 13.9. The molecule has 0 atom stereocenters. The smallest absolute Gasteiger partial charge is 0.191 e. The van der Waals surface area contributed by atoms with Gasteiger partial charge in [-0.25, -0.2) is 4.98 Å². The van der Waals surface area contributed by atoms with E-state index in [1.54, 1.807) is 17.8 Å². The molecule has 0 aliphatic heterocycles. The van der Waals surface area contributed by atoms with Gasteiger partial charge in [0.1, 0.15) is 5.65 Å². The molecule has 3 aromatic heterocycles. The zero-order valence-corrected chi connectivity index (χ0v) is 16.3. The number of hydrogen-bond donors (Lipinski definition) is 0. The summed E-state index contributed by atoms with van der Waals surface area (Å²) >= 11 is 13.8. The number of rotatable bonds is 5. The number of hydrogen-bond acceptors (Lipinski definition) is 4. The summed E-state index contributed by atoms with van der Waals surface area (Å²) in [5.41, 5.74) is 2.84. The summed E-state index contributed by atoms with van der Waals surface area (Å²) in [7, 11) is 0. The van der Waals surface area contributed by atoms with Crippen molar-refractivity contribution in [1.29, 1.82) is 0 Å². The molecule has 4 aromatic rings. The average molecular weight is 404 g/mol. The molecule has 0 spiro atoms. The van der Waals surface area contributed by atoms with Gasteiger partial charge in [0.05, 0.1) is 15.7 Å². The van der Waals surface area contributed by atoms with E-state index >= 15 is 0 Å². The second-order valence-corrected chi connectivity index (χ2v) is 7.42. The highest BCUT2D eigenvalue weighted by atomic mass is 35.5. The van der Waals surface area contributed by atoms with E-state index in [1.165, 1.54) is 0 Å². The van der Waals surface area contributed by atoms with Crippen LogP contribution >= 0.6 is 35.0 Å². The van der Waals surface area contributed by atoms with Crippen molar-refractivity contribution < 1.29 is 0 Å². The van der Waals surface area contributed by atoms with Crippen LogP contribution in [0.25, 0.3) is 17.0 Å². The standard InChI is InChI=1S/C18H15Cl2N5S/c1-2-25-17(12-6-7-14(19)15(20)9-12)22-23-18(25)26-11-13-10-24-8-4-3-5-16(24)21-13/h3-10H,2,11H2,1H3. The summed E-state index contributed by atoms with van der Waals surface area (Å²) in [4.78, 5) is 4.62. The third-order valence-electron chi connectivity index (χ3n) is 3.97. The van der Waals surface area contributed by atoms with Gasteiger partial charge >= 0.3 is 0 Å². The first kappa shape index (κ1) is 17.4. The fourth-order valence-electron chi connectivity index (χ4n) is 2.72. The third kappa shape index (κ3) is 3.32. The van der Waals surface area contributed by atoms with Crippen molar-refractivity contribution in [3.05, 3.63) is 64.5 Å². The summed E-state index contributed by atoms with van der Waals surface area (Å²) < 4.78 is 4.08. The first-order chi connectivity index (χ1) is 12.7. The van der Waals surface area contributed by atoms with Crippen molar-refractivity contribution in [3.63, 3.8) is 0 Å². The highest BCUT2D eigenvalue weighted by molar-refractivity contribution is 7.98. The van der Waals surface area contributed by atoms with Crippen LogP contribution in [0.15, 0.2) is 53.9 Å². The molecule has 0 fully saturated rings. The number of benzene rings is 1. The molecular formula is C18H15Cl2N5S. The number of nitrogens with zero attached hydrogens (tertiary/aromatic N) is 5. The molecule has 0 aliphatic rings. The monoisotopic (exact) mass is 403 g/mol. The molecule has 3 heterocycles. The largest absolute Gasteiger partial charge is 0.307 e. The van der Waals surface area contributed by atoms with Gasteiger partial charge in [-0.2, -0.15) is 0 Å². The minimum absolute atomic E-state index is 0.508. The van der Waals surface area contributed by atoms with Crippen LogP contribution in [-0.4, -0.2) is 24.1 Å². The molecule has 0 saturated carbocycles. The van der Waals surface area contributed by atoms with Crippen molar-refractivity contribution in [2.24, 2.45) is 0 Å². The summed E-state index contributed by atoms with van der Waals surface area (Å²) in [6, 6.07) is 11.5. The van der Waals surface area contributed by atoms with Gasteiger partial charge in [-0.1, -0.05) is 41.0 Å². The molecule has 132 valence electrons. The van der Waals surface area contributed by atoms with Crippen molar-refractivity contribution in [3.8, 4) is 11.4 Å². The Balaban J connectivity index is 1.59. The molecule has 0 bridgehead atoms. The predicted octanol–water partition coefficient (Wildman–Crippen LogP) is 5.21. The van der Waals surface area contributed by atoms with Crippen LogP contribution in [0.4, 0.5) is 0 Å². The maximum Gasteiger partial charge on any atom is 0.191 e. The Hall–Kier alpha value is -2.02. The minimum Gasteiger partial charge on any atom is -0.307 e. The number of imidazole rings is 1. The van der Waals surface area contributed by atoms with Gasteiger partial charge in [0, 0.05) is 30.3 Å². The lowest BCUT2D eigenvalue weighted by Gasteiger charge is -2.07. The number of halogens is 2. The van der Waals surface area contributed by atoms with E-state index in [4.69, 9.17) is 23.2 Å². The Morgan fingerprint density at radius 1 is 1.08 bits per heavy atom. The molecule has 5 nitrogen and oxygen atoms in total. The van der Waals surface area contributed by atoms with Gasteiger partial charge in [0.15, 0.2) is 11.0 Å². The van der Waals surface area contributed by atoms with E-state index in [0.29, 0.717) is 10.0 Å². The number of pyridine rings is 1. The van der Waals surface area contributed by atoms with E-state index in [1.807, 2.05) is 47.1 Å². The lowest BCUT2D eigenvalue weighted by atomic mass is 10.2. The molecule has 0 N–H and O–H groups in total. The lowest BCUT2D eigenvalue weighted by molar-refractivity contribution is 0.687. The summed E-state index contributed by atoms with van der Waals surface area (Å²) in [5, 5.41) is 10.6. The molecule has 0 amide bonds. The summed E-state index contributed by atoms with van der Waals surface area (Å²) in [6.45, 7) is 2.83. The Bertz CT molecular complexity index is 1040. The van der Waals surface area contributed by atoms with Crippen molar-refractivity contribution in [1.82, 2.24) is 24.1 Å². The Morgan fingerprint density at radius 3 is 2.73 bits per heavy atom. The highest BCUT2D eigenvalue weighted by Gasteiger charge is 2.15. The van der Waals surface area contributed by atoms with Gasteiger partial charge < -0.3 is 8.97 Å². The van der Waals surface area contributed by atoms with Gasteiger partial charge in [-0.15, -0.1) is 10.2 Å². The van der Waals surface area contributed by atoms with Gasteiger partial charge in [-0.05, 0) is 37.3 Å². The molecular weight excluding hydrogens is 389 g/mol. The van der Waals surface area contributed by atoms with E-state index in [2.05, 4.69) is 26.7 Å². The fourth-order valence-corrected chi connectivity index (χ4v) is 3.91.